The number of halogens is 5. The number of nitrogen functional groups attached to an aromatic ring is 1. The number of benzene rings is 1. The second-order valence-electron chi connectivity index (χ2n) is 3.28. The minimum Gasteiger partial charge on any atom is -0.382 e. The van der Waals surface area contributed by atoms with E-state index < -0.39 is 0 Å². The van der Waals surface area contributed by atoms with E-state index in [1.54, 1.807) is 12.1 Å². The maximum Gasteiger partial charge on any atom is 0.210 e. The van der Waals surface area contributed by atoms with Gasteiger partial charge >= 0.3 is 0 Å². The lowest BCUT2D eigenvalue weighted by Crippen LogP contribution is -2.02. The topological polar surface area (TPSA) is 64.7 Å². The lowest BCUT2D eigenvalue weighted by atomic mass is 10.1. The molecule has 1 aromatic heterocycles. The first kappa shape index (κ1) is 18.8. The Morgan fingerprint density at radius 3 is 2.35 bits per heavy atom. The van der Waals surface area contributed by atoms with Crippen LogP contribution in [0, 0.1) is 0 Å². The summed E-state index contributed by atoms with van der Waals surface area (Å²) in [6.07, 6.45) is 1.83. The van der Waals surface area contributed by atoms with Gasteiger partial charge in [-0.05, 0) is 18.4 Å². The van der Waals surface area contributed by atoms with Crippen molar-refractivity contribution in [2.75, 3.05) is 12.0 Å². The molecule has 0 atom stereocenters. The predicted molar refractivity (Wildman–Crippen MR) is 105 cm³/mol. The zero-order valence-electron chi connectivity index (χ0n) is 9.87. The Bertz CT molecular complexity index is 615. The number of aromatic nitrogens is 3. The molecule has 0 radical (unpaired) electrons. The van der Waals surface area contributed by atoms with Gasteiger partial charge in [0.2, 0.25) is 5.16 Å². The lowest BCUT2D eigenvalue weighted by Gasteiger charge is -2.08. The second-order valence-corrected chi connectivity index (χ2v) is 5.28. The molecule has 0 aliphatic rings. The van der Waals surface area contributed by atoms with E-state index in [0.29, 0.717) is 31.5 Å². The molecule has 1 heterocycles. The lowest BCUT2D eigenvalue weighted by molar-refractivity contribution is 0.854. The number of rotatable bonds is 2. The molecular formula is C10H7Cl3I2N4S. The molecule has 0 bridgehead atoms. The normalized spacial score (nSPS) is 9.90. The smallest absolute Gasteiger partial charge is 0.210 e. The van der Waals surface area contributed by atoms with Crippen molar-refractivity contribution in [2.24, 2.45) is 0 Å². The minimum absolute atomic E-state index is 0.231. The van der Waals surface area contributed by atoms with Crippen molar-refractivity contribution in [3.05, 3.63) is 27.2 Å². The summed E-state index contributed by atoms with van der Waals surface area (Å²) in [5.74, 6) is 0.231. The third-order valence-corrected chi connectivity index (χ3v) is 3.68. The van der Waals surface area contributed by atoms with Crippen molar-refractivity contribution in [3.63, 3.8) is 0 Å². The Kier molecular flexibility index (Phi) is 8.43. The summed E-state index contributed by atoms with van der Waals surface area (Å²) in [4.78, 5) is 4.09. The molecule has 2 rings (SSSR count). The van der Waals surface area contributed by atoms with Gasteiger partial charge in [-0.25, -0.2) is 4.98 Å². The molecule has 1 aromatic carbocycles. The van der Waals surface area contributed by atoms with Crippen molar-refractivity contribution in [2.45, 2.75) is 5.16 Å². The van der Waals surface area contributed by atoms with E-state index in [0.717, 1.165) is 0 Å². The van der Waals surface area contributed by atoms with Crippen LogP contribution in [0.5, 0.6) is 0 Å². The molecule has 0 unspecified atom stereocenters. The average Bonchev–Trinajstić information content (AvgIpc) is 2.45. The standard InChI is InChI=1S/C10H7Cl3N4S.I2/c1-18-10-15-9(14)8(16-17-10)5-2-4(11)3-6(12)7(5)13;1-2/h2-3H,1H3,(H2,14,15,17);. The first-order valence-electron chi connectivity index (χ1n) is 4.86. The van der Waals surface area contributed by atoms with Gasteiger partial charge in [-0.2, -0.15) is 0 Å². The maximum absolute atomic E-state index is 6.10. The molecule has 2 aromatic rings. The van der Waals surface area contributed by atoms with Crippen molar-refractivity contribution in [1.29, 1.82) is 0 Å². The van der Waals surface area contributed by atoms with Gasteiger partial charge < -0.3 is 5.73 Å². The van der Waals surface area contributed by atoms with Crippen molar-refractivity contribution >= 4 is 89.6 Å². The molecule has 0 fully saturated rings. The molecule has 0 aliphatic carbocycles. The first-order valence-corrected chi connectivity index (χ1v) is 13.5. The van der Waals surface area contributed by atoms with E-state index in [4.69, 9.17) is 40.5 Å². The zero-order chi connectivity index (χ0) is 15.3. The fourth-order valence-corrected chi connectivity index (χ4v) is 2.33. The predicted octanol–water partition coefficient (Wildman–Crippen LogP) is 5.57. The number of nitrogens with zero attached hydrogens (tertiary/aromatic N) is 3. The third-order valence-electron chi connectivity index (χ3n) is 2.12. The number of anilines is 1. The Hall–Kier alpha value is 0.710. The van der Waals surface area contributed by atoms with Gasteiger partial charge in [0, 0.05) is 47.8 Å². The molecule has 20 heavy (non-hydrogen) atoms. The molecule has 0 saturated heterocycles. The van der Waals surface area contributed by atoms with E-state index in [1.807, 2.05) is 6.26 Å². The molecular weight excluding hydrogens is 568 g/mol. The summed E-state index contributed by atoms with van der Waals surface area (Å²) in [7, 11) is 0. The third kappa shape index (κ3) is 4.60. The van der Waals surface area contributed by atoms with Crippen LogP contribution < -0.4 is 5.73 Å². The zero-order valence-corrected chi connectivity index (χ0v) is 17.3. The molecule has 0 spiro atoms. The Labute approximate surface area is 158 Å². The van der Waals surface area contributed by atoms with Crippen LogP contribution in [-0.4, -0.2) is 21.4 Å². The Morgan fingerprint density at radius 1 is 1.15 bits per heavy atom. The molecule has 0 amide bonds. The summed E-state index contributed by atoms with van der Waals surface area (Å²) in [6.45, 7) is 0. The number of hydrogen-bond donors (Lipinski definition) is 1. The highest BCUT2D eigenvalue weighted by atomic mass is 128. The van der Waals surface area contributed by atoms with Crippen LogP contribution in [0.15, 0.2) is 17.3 Å². The Balaban J connectivity index is 0.000000956. The quantitative estimate of drug-likeness (QED) is 0.288. The SMILES string of the molecule is CSc1nnc(-c2cc(Cl)cc(Cl)c2Cl)c(N)n1.II. The van der Waals surface area contributed by atoms with Crippen LogP contribution in [0.2, 0.25) is 15.1 Å². The summed E-state index contributed by atoms with van der Waals surface area (Å²) in [6, 6.07) is 3.17. The Morgan fingerprint density at radius 2 is 1.80 bits per heavy atom. The van der Waals surface area contributed by atoms with Crippen LogP contribution in [0.25, 0.3) is 11.3 Å². The molecule has 4 nitrogen and oxygen atoms in total. The highest BCUT2D eigenvalue weighted by Gasteiger charge is 2.15. The van der Waals surface area contributed by atoms with Crippen LogP contribution in [0.3, 0.4) is 0 Å². The summed E-state index contributed by atoms with van der Waals surface area (Å²) < 4.78 is 0. The molecule has 108 valence electrons. The second kappa shape index (κ2) is 8.99. The van der Waals surface area contributed by atoms with Crippen LogP contribution >= 0.6 is 83.8 Å². The number of nitrogens with two attached hydrogens (primary N) is 1. The highest BCUT2D eigenvalue weighted by molar-refractivity contribution is 15.0. The van der Waals surface area contributed by atoms with E-state index in [1.165, 1.54) is 11.8 Å². The van der Waals surface area contributed by atoms with E-state index >= 15 is 0 Å². The van der Waals surface area contributed by atoms with Crippen molar-refractivity contribution in [3.8, 4) is 11.3 Å². The molecule has 0 aliphatic heterocycles. The number of hydrogen-bond acceptors (Lipinski definition) is 5. The fourth-order valence-electron chi connectivity index (χ4n) is 1.33. The summed E-state index contributed by atoms with van der Waals surface area (Å²) in [5.41, 5.74) is 6.70. The molecule has 0 saturated carbocycles. The molecule has 10 heteroatoms. The van der Waals surface area contributed by atoms with Gasteiger partial charge in [0.25, 0.3) is 0 Å². The van der Waals surface area contributed by atoms with Crippen LogP contribution in [-0.2, 0) is 0 Å². The van der Waals surface area contributed by atoms with Gasteiger partial charge in [-0.1, -0.05) is 46.6 Å². The monoisotopic (exact) mass is 574 g/mol. The minimum atomic E-state index is 0.231. The molecule has 2 N–H and O–H groups in total. The summed E-state index contributed by atoms with van der Waals surface area (Å²) >= 11 is 23.6. The van der Waals surface area contributed by atoms with E-state index in [-0.39, 0.29) is 5.82 Å². The highest BCUT2D eigenvalue weighted by Crippen LogP contribution is 2.37. The van der Waals surface area contributed by atoms with Crippen molar-refractivity contribution < 1.29 is 0 Å². The average molecular weight is 575 g/mol. The first-order chi connectivity index (χ1) is 9.52. The van der Waals surface area contributed by atoms with E-state index in [9.17, 15) is 0 Å². The van der Waals surface area contributed by atoms with E-state index in [2.05, 4.69) is 52.4 Å². The summed E-state index contributed by atoms with van der Waals surface area (Å²) in [5, 5.41) is 9.49. The van der Waals surface area contributed by atoms with Gasteiger partial charge in [-0.15, -0.1) is 10.2 Å². The maximum atomic E-state index is 6.10. The van der Waals surface area contributed by atoms with Crippen LogP contribution in [0.4, 0.5) is 5.82 Å². The van der Waals surface area contributed by atoms with Crippen LogP contribution in [0.1, 0.15) is 0 Å². The van der Waals surface area contributed by atoms with Gasteiger partial charge in [0.1, 0.15) is 5.69 Å². The van der Waals surface area contributed by atoms with Gasteiger partial charge in [0.15, 0.2) is 5.82 Å². The van der Waals surface area contributed by atoms with Gasteiger partial charge in [0.05, 0.1) is 10.0 Å². The van der Waals surface area contributed by atoms with Gasteiger partial charge in [-0.3, -0.25) is 0 Å². The number of thioether (sulfide) groups is 1. The van der Waals surface area contributed by atoms with Crippen molar-refractivity contribution in [1.82, 2.24) is 15.2 Å². The largest absolute Gasteiger partial charge is 0.382 e. The fraction of sp³-hybridized carbons (Fsp3) is 0.100.